The van der Waals surface area contributed by atoms with Crippen LogP contribution in [0.4, 0.5) is 0 Å². The van der Waals surface area contributed by atoms with E-state index in [2.05, 4.69) is 39.6 Å². The van der Waals surface area contributed by atoms with E-state index in [1.807, 2.05) is 0 Å². The predicted octanol–water partition coefficient (Wildman–Crippen LogP) is 3.38. The highest BCUT2D eigenvalue weighted by molar-refractivity contribution is 5.83. The van der Waals surface area contributed by atoms with Crippen molar-refractivity contribution in [3.8, 4) is 0 Å². The summed E-state index contributed by atoms with van der Waals surface area (Å²) < 4.78 is 11.8. The van der Waals surface area contributed by atoms with Crippen LogP contribution in [-0.4, -0.2) is 94.2 Å². The van der Waals surface area contributed by atoms with Gasteiger partial charge in [0.05, 0.1) is 12.7 Å². The van der Waals surface area contributed by atoms with Crippen LogP contribution < -0.4 is 0 Å². The number of piperidine rings is 1. The van der Waals surface area contributed by atoms with E-state index < -0.39 is 37.3 Å². The molecule has 0 bridgehead atoms. The second-order valence-electron chi connectivity index (χ2n) is 16.1. The highest BCUT2D eigenvalue weighted by atomic mass is 16.7. The molecule has 6 fully saturated rings. The van der Waals surface area contributed by atoms with Crippen molar-refractivity contribution in [2.75, 3.05) is 20.2 Å². The van der Waals surface area contributed by atoms with Crippen LogP contribution >= 0.6 is 0 Å². The lowest BCUT2D eigenvalue weighted by Crippen LogP contribution is -2.61. The Morgan fingerprint density at radius 1 is 0.976 bits per heavy atom. The standard InChI is InChI=1S/C34H57NO7/c1-18-6-9-26(35(5)16-18)19(2)22-7-8-23-21-15-27(37)25-14-20(10-12-34(25,4)24(21)11-13-33(22,23)3)41-32-31(40)30(39)29(38)28(17-36)42-32/h18-26,28-32,36,38-40H,6-17H2,1-5H3/t18-,19-,20-,21-,22+,23-,24-,25+,26+,28+,29+,30-,31+,32+,33-,34+/m0/s1. The molecule has 42 heavy (non-hydrogen) atoms. The van der Waals surface area contributed by atoms with Crippen LogP contribution in [0.1, 0.15) is 91.9 Å². The number of likely N-dealkylation sites (tertiary alicyclic amines) is 1. The van der Waals surface area contributed by atoms with E-state index in [4.69, 9.17) is 9.47 Å². The second kappa shape index (κ2) is 11.6. The number of hydrogen-bond acceptors (Lipinski definition) is 8. The number of nitrogens with zero attached hydrogens (tertiary/aromatic N) is 1. The van der Waals surface area contributed by atoms with E-state index in [0.717, 1.165) is 24.7 Å². The summed E-state index contributed by atoms with van der Waals surface area (Å²) in [5.41, 5.74) is 0.275. The van der Waals surface area contributed by atoms with Gasteiger partial charge in [-0.15, -0.1) is 0 Å². The molecule has 8 heteroatoms. The first kappa shape index (κ1) is 31.4. The van der Waals surface area contributed by atoms with Crippen LogP contribution in [0, 0.1) is 52.3 Å². The van der Waals surface area contributed by atoms with Gasteiger partial charge in [-0.2, -0.15) is 0 Å². The molecule has 6 rings (SSSR count). The number of Topliss-reactive ketones (excluding diaryl/α,β-unsaturated/α-hetero) is 1. The summed E-state index contributed by atoms with van der Waals surface area (Å²) in [7, 11) is 2.33. The minimum absolute atomic E-state index is 0.0417. The maximum absolute atomic E-state index is 14.0. The molecule has 0 amide bonds. The van der Waals surface area contributed by atoms with E-state index in [-0.39, 0.29) is 17.4 Å². The molecule has 2 heterocycles. The minimum atomic E-state index is -1.46. The van der Waals surface area contributed by atoms with Crippen molar-refractivity contribution in [2.24, 2.45) is 52.3 Å². The first-order valence-electron chi connectivity index (χ1n) is 17.1. The molecule has 0 radical (unpaired) electrons. The Morgan fingerprint density at radius 2 is 1.69 bits per heavy atom. The van der Waals surface area contributed by atoms with E-state index in [1.165, 1.54) is 45.1 Å². The molecule has 240 valence electrons. The molecule has 6 aliphatic rings. The van der Waals surface area contributed by atoms with Gasteiger partial charge in [0.25, 0.3) is 0 Å². The van der Waals surface area contributed by atoms with E-state index >= 15 is 0 Å². The summed E-state index contributed by atoms with van der Waals surface area (Å²) in [5, 5.41) is 40.4. The molecule has 0 unspecified atom stereocenters. The van der Waals surface area contributed by atoms with Gasteiger partial charge in [0.1, 0.15) is 30.2 Å². The number of aliphatic hydroxyl groups is 4. The summed E-state index contributed by atoms with van der Waals surface area (Å²) >= 11 is 0. The third kappa shape index (κ3) is 5.03. The third-order valence-corrected chi connectivity index (χ3v) is 14.0. The Labute approximate surface area is 252 Å². The van der Waals surface area contributed by atoms with Crippen LogP contribution in [-0.2, 0) is 14.3 Å². The van der Waals surface area contributed by atoms with Crippen molar-refractivity contribution in [3.05, 3.63) is 0 Å². The lowest BCUT2D eigenvalue weighted by Gasteiger charge is -2.61. The monoisotopic (exact) mass is 591 g/mol. The molecule has 2 saturated heterocycles. The number of carbonyl (C=O) groups is 1. The Hall–Kier alpha value is -0.610. The lowest BCUT2D eigenvalue weighted by molar-refractivity contribution is -0.315. The summed E-state index contributed by atoms with van der Waals surface area (Å²) in [6, 6.07) is 0.674. The van der Waals surface area contributed by atoms with E-state index in [9.17, 15) is 25.2 Å². The molecule has 4 aliphatic carbocycles. The molecular weight excluding hydrogens is 534 g/mol. The molecule has 0 spiro atoms. The van der Waals surface area contributed by atoms with Gasteiger partial charge in [0.15, 0.2) is 6.29 Å². The number of carbonyl (C=O) groups excluding carboxylic acids is 1. The smallest absolute Gasteiger partial charge is 0.186 e. The van der Waals surface area contributed by atoms with Gasteiger partial charge < -0.3 is 34.8 Å². The van der Waals surface area contributed by atoms with Crippen LogP contribution in [0.2, 0.25) is 0 Å². The zero-order valence-electron chi connectivity index (χ0n) is 26.5. The number of ether oxygens (including phenoxy) is 2. The highest BCUT2D eigenvalue weighted by Crippen LogP contribution is 2.68. The summed E-state index contributed by atoms with van der Waals surface area (Å²) in [4.78, 5) is 16.6. The normalized spacial score (nSPS) is 54.1. The van der Waals surface area contributed by atoms with Gasteiger partial charge in [0.2, 0.25) is 0 Å². The van der Waals surface area contributed by atoms with Crippen LogP contribution in [0.3, 0.4) is 0 Å². The number of fused-ring (bicyclic) bond motifs is 5. The Bertz CT molecular complexity index is 993. The SMILES string of the molecule is C[C@H]1CC[C@H]([C@@H](C)[C@H]2CC[C@H]3[C@@H]4CC(=O)[C@H]5C[C@@H](O[C@@H]6O[C@H](CO)[C@@H](O)[C@H](O)[C@H]6O)CC[C@]5(C)[C@H]4CC[C@@]23C)N(C)C1. The molecular formula is C34H57NO7. The van der Waals surface area contributed by atoms with Crippen molar-refractivity contribution >= 4 is 5.78 Å². The second-order valence-corrected chi connectivity index (χ2v) is 16.1. The van der Waals surface area contributed by atoms with E-state index in [1.54, 1.807) is 0 Å². The van der Waals surface area contributed by atoms with Crippen LogP contribution in [0.25, 0.3) is 0 Å². The fourth-order valence-electron chi connectivity index (χ4n) is 11.7. The molecule has 16 atom stereocenters. The lowest BCUT2D eigenvalue weighted by atomic mass is 9.44. The van der Waals surface area contributed by atoms with Gasteiger partial charge in [-0.25, -0.2) is 0 Å². The molecule has 0 aromatic rings. The third-order valence-electron chi connectivity index (χ3n) is 14.0. The van der Waals surface area contributed by atoms with Crippen LogP contribution in [0.5, 0.6) is 0 Å². The predicted molar refractivity (Wildman–Crippen MR) is 158 cm³/mol. The zero-order chi connectivity index (χ0) is 30.1. The first-order chi connectivity index (χ1) is 19.9. The molecule has 4 saturated carbocycles. The van der Waals surface area contributed by atoms with Crippen molar-refractivity contribution in [1.29, 1.82) is 0 Å². The number of aliphatic hydroxyl groups excluding tert-OH is 4. The Kier molecular flexibility index (Phi) is 8.69. The van der Waals surface area contributed by atoms with Crippen molar-refractivity contribution < 1.29 is 34.7 Å². The van der Waals surface area contributed by atoms with Crippen molar-refractivity contribution in [1.82, 2.24) is 4.90 Å². The van der Waals surface area contributed by atoms with Crippen LogP contribution in [0.15, 0.2) is 0 Å². The zero-order valence-corrected chi connectivity index (χ0v) is 26.5. The molecule has 0 aromatic heterocycles. The summed E-state index contributed by atoms with van der Waals surface area (Å²) in [5.74, 6) is 4.17. The van der Waals surface area contributed by atoms with E-state index in [0.29, 0.717) is 53.8 Å². The average Bonchev–Trinajstić information content (AvgIpc) is 3.31. The molecule has 4 N–H and O–H groups in total. The number of ketones is 1. The fraction of sp³-hybridized carbons (Fsp3) is 0.971. The summed E-state index contributed by atoms with van der Waals surface area (Å²) in [6.45, 7) is 10.6. The molecule has 0 aromatic carbocycles. The van der Waals surface area contributed by atoms with Gasteiger partial charge in [0, 0.05) is 24.9 Å². The van der Waals surface area contributed by atoms with Gasteiger partial charge in [-0.3, -0.25) is 4.79 Å². The largest absolute Gasteiger partial charge is 0.394 e. The average molecular weight is 592 g/mol. The van der Waals surface area contributed by atoms with Crippen molar-refractivity contribution in [3.63, 3.8) is 0 Å². The molecule has 8 nitrogen and oxygen atoms in total. The fourth-order valence-corrected chi connectivity index (χ4v) is 11.7. The first-order valence-corrected chi connectivity index (χ1v) is 17.1. The van der Waals surface area contributed by atoms with Gasteiger partial charge >= 0.3 is 0 Å². The quantitative estimate of drug-likeness (QED) is 0.360. The topological polar surface area (TPSA) is 120 Å². The Morgan fingerprint density at radius 3 is 2.40 bits per heavy atom. The maximum Gasteiger partial charge on any atom is 0.186 e. The minimum Gasteiger partial charge on any atom is -0.394 e. The van der Waals surface area contributed by atoms with Gasteiger partial charge in [-0.1, -0.05) is 27.7 Å². The van der Waals surface area contributed by atoms with Crippen molar-refractivity contribution in [2.45, 2.75) is 135 Å². The summed E-state index contributed by atoms with van der Waals surface area (Å²) in [6.07, 6.45) is 3.97. The molecule has 2 aliphatic heterocycles. The Balaban J connectivity index is 1.14. The number of rotatable bonds is 5. The van der Waals surface area contributed by atoms with Gasteiger partial charge in [-0.05, 0) is 111 Å². The number of hydrogen-bond donors (Lipinski definition) is 4. The highest BCUT2D eigenvalue weighted by Gasteiger charge is 2.63. The maximum atomic E-state index is 14.0.